The van der Waals surface area contributed by atoms with E-state index in [1.54, 1.807) is 20.8 Å². The van der Waals surface area contributed by atoms with Crippen molar-refractivity contribution in [2.45, 2.75) is 31.7 Å². The molecule has 0 heterocycles. The number of hydrogen-bond donors (Lipinski definition) is 2. The fraction of sp³-hybridized carbons (Fsp3) is 0.278. The third-order valence-corrected chi connectivity index (χ3v) is 5.07. The number of nitrogens with one attached hydrogen (secondary N) is 2. The Kier molecular flexibility index (Phi) is 6.50. The van der Waals surface area contributed by atoms with Crippen LogP contribution in [0.1, 0.15) is 19.4 Å². The van der Waals surface area contributed by atoms with Crippen LogP contribution in [0.2, 0.25) is 0 Å². The van der Waals surface area contributed by atoms with E-state index >= 15 is 0 Å². The summed E-state index contributed by atoms with van der Waals surface area (Å²) >= 11 is 0. The van der Waals surface area contributed by atoms with Crippen LogP contribution < -0.4 is 14.8 Å². The van der Waals surface area contributed by atoms with Gasteiger partial charge in [-0.05, 0) is 56.7 Å². The maximum Gasteiger partial charge on any atom is 0.262 e. The van der Waals surface area contributed by atoms with Gasteiger partial charge in [0.25, 0.3) is 5.91 Å². The summed E-state index contributed by atoms with van der Waals surface area (Å²) in [5.74, 6) is -1.97. The van der Waals surface area contributed by atoms with E-state index in [1.165, 1.54) is 18.2 Å². The van der Waals surface area contributed by atoms with E-state index in [9.17, 15) is 22.0 Å². The van der Waals surface area contributed by atoms with Gasteiger partial charge in [-0.2, -0.15) is 0 Å². The van der Waals surface area contributed by atoms with Gasteiger partial charge in [-0.25, -0.2) is 21.9 Å². The lowest BCUT2D eigenvalue weighted by Crippen LogP contribution is -2.30. The predicted molar refractivity (Wildman–Crippen MR) is 97.1 cm³/mol. The molecule has 1 amide bonds. The molecule has 0 radical (unpaired) electrons. The third kappa shape index (κ3) is 5.73. The number of benzene rings is 2. The van der Waals surface area contributed by atoms with E-state index in [4.69, 9.17) is 4.74 Å². The molecule has 0 fully saturated rings. The van der Waals surface area contributed by atoms with E-state index in [-0.39, 0.29) is 16.6 Å². The third-order valence-electron chi connectivity index (χ3n) is 3.41. The van der Waals surface area contributed by atoms with Gasteiger partial charge >= 0.3 is 0 Å². The Hall–Kier alpha value is -2.52. The second-order valence-corrected chi connectivity index (χ2v) is 7.88. The Morgan fingerprint density at radius 3 is 2.44 bits per heavy atom. The van der Waals surface area contributed by atoms with Crippen molar-refractivity contribution in [3.8, 4) is 5.75 Å². The molecule has 2 aromatic carbocycles. The Morgan fingerprint density at radius 2 is 1.85 bits per heavy atom. The number of aryl methyl sites for hydroxylation is 1. The average Bonchev–Trinajstić information content (AvgIpc) is 2.55. The van der Waals surface area contributed by atoms with Crippen molar-refractivity contribution >= 4 is 21.6 Å². The van der Waals surface area contributed by atoms with Crippen LogP contribution in [-0.4, -0.2) is 27.0 Å². The lowest BCUT2D eigenvalue weighted by Gasteiger charge is -2.13. The number of amides is 1. The monoisotopic (exact) mass is 398 g/mol. The van der Waals surface area contributed by atoms with Crippen molar-refractivity contribution in [2.75, 3.05) is 11.9 Å². The molecular formula is C18H20F2N2O4S. The van der Waals surface area contributed by atoms with E-state index in [0.717, 1.165) is 12.1 Å². The molecule has 0 unspecified atom stereocenters. The van der Waals surface area contributed by atoms with Crippen LogP contribution in [0.4, 0.5) is 14.5 Å². The molecule has 0 bridgehead atoms. The van der Waals surface area contributed by atoms with Gasteiger partial charge in [-0.15, -0.1) is 0 Å². The highest BCUT2D eigenvalue weighted by molar-refractivity contribution is 7.89. The van der Waals surface area contributed by atoms with E-state index in [1.807, 2.05) is 0 Å². The van der Waals surface area contributed by atoms with Crippen LogP contribution in [0.3, 0.4) is 0 Å². The molecule has 0 aromatic heterocycles. The molecule has 0 aliphatic rings. The summed E-state index contributed by atoms with van der Waals surface area (Å²) in [6.07, 6.45) is 0. The fourth-order valence-corrected chi connectivity index (χ4v) is 3.59. The molecule has 0 atom stereocenters. The van der Waals surface area contributed by atoms with Gasteiger partial charge in [0.2, 0.25) is 10.0 Å². The van der Waals surface area contributed by atoms with E-state index < -0.39 is 34.2 Å². The molecule has 0 spiro atoms. The van der Waals surface area contributed by atoms with Crippen molar-refractivity contribution in [2.24, 2.45) is 0 Å². The zero-order valence-corrected chi connectivity index (χ0v) is 15.9. The zero-order chi connectivity index (χ0) is 20.2. The van der Waals surface area contributed by atoms with Crippen molar-refractivity contribution in [1.82, 2.24) is 4.72 Å². The number of carbonyl (C=O) groups excluding carboxylic acids is 1. The van der Waals surface area contributed by atoms with Gasteiger partial charge in [0, 0.05) is 12.1 Å². The summed E-state index contributed by atoms with van der Waals surface area (Å²) in [5.41, 5.74) is 0.352. The zero-order valence-electron chi connectivity index (χ0n) is 15.0. The maximum atomic E-state index is 13.5. The number of carbonyl (C=O) groups is 1. The fourth-order valence-electron chi connectivity index (χ4n) is 2.25. The lowest BCUT2D eigenvalue weighted by atomic mass is 10.2. The molecule has 27 heavy (non-hydrogen) atoms. The van der Waals surface area contributed by atoms with Gasteiger partial charge in [-0.3, -0.25) is 4.79 Å². The summed E-state index contributed by atoms with van der Waals surface area (Å²) in [6, 6.07) is 6.77. The second kappa shape index (κ2) is 8.45. The molecule has 9 heteroatoms. The van der Waals surface area contributed by atoms with Crippen LogP contribution in [0.15, 0.2) is 41.3 Å². The Balaban J connectivity index is 2.02. The summed E-state index contributed by atoms with van der Waals surface area (Å²) in [4.78, 5) is 12.0. The summed E-state index contributed by atoms with van der Waals surface area (Å²) in [6.45, 7) is 4.64. The van der Waals surface area contributed by atoms with Gasteiger partial charge in [0.15, 0.2) is 6.61 Å². The Bertz CT molecular complexity index is 946. The Morgan fingerprint density at radius 1 is 1.15 bits per heavy atom. The van der Waals surface area contributed by atoms with Crippen LogP contribution in [-0.2, 0) is 14.8 Å². The highest BCUT2D eigenvalue weighted by Crippen LogP contribution is 2.22. The Labute approximate surface area is 156 Å². The molecule has 0 saturated heterocycles. The smallest absolute Gasteiger partial charge is 0.262 e. The summed E-state index contributed by atoms with van der Waals surface area (Å²) in [5, 5.41) is 2.27. The molecule has 2 N–H and O–H groups in total. The van der Waals surface area contributed by atoms with E-state index in [2.05, 4.69) is 10.0 Å². The van der Waals surface area contributed by atoms with E-state index in [0.29, 0.717) is 17.4 Å². The molecule has 146 valence electrons. The minimum Gasteiger partial charge on any atom is -0.483 e. The van der Waals surface area contributed by atoms with Crippen molar-refractivity contribution in [3.05, 3.63) is 53.6 Å². The van der Waals surface area contributed by atoms with Gasteiger partial charge in [0.05, 0.1) is 10.6 Å². The quantitative estimate of drug-likeness (QED) is 0.751. The van der Waals surface area contributed by atoms with Gasteiger partial charge in [0.1, 0.15) is 17.4 Å². The maximum absolute atomic E-state index is 13.5. The molecule has 2 rings (SSSR count). The van der Waals surface area contributed by atoms with Crippen molar-refractivity contribution in [3.63, 3.8) is 0 Å². The normalized spacial score (nSPS) is 11.5. The second-order valence-electron chi connectivity index (χ2n) is 6.16. The largest absolute Gasteiger partial charge is 0.483 e. The highest BCUT2D eigenvalue weighted by Gasteiger charge is 2.17. The summed E-state index contributed by atoms with van der Waals surface area (Å²) < 4.78 is 58.5. The first-order valence-corrected chi connectivity index (χ1v) is 9.57. The predicted octanol–water partition coefficient (Wildman–Crippen LogP) is 2.98. The number of sulfonamides is 1. The average molecular weight is 398 g/mol. The minimum atomic E-state index is -3.64. The number of hydrogen-bond acceptors (Lipinski definition) is 4. The topological polar surface area (TPSA) is 84.5 Å². The van der Waals surface area contributed by atoms with Crippen molar-refractivity contribution < 1.29 is 26.7 Å². The molecule has 0 saturated carbocycles. The van der Waals surface area contributed by atoms with Crippen molar-refractivity contribution in [1.29, 1.82) is 0 Å². The first-order valence-electron chi connectivity index (χ1n) is 8.09. The molecule has 6 nitrogen and oxygen atoms in total. The minimum absolute atomic E-state index is 0.0823. The lowest BCUT2D eigenvalue weighted by molar-refractivity contribution is -0.118. The van der Waals surface area contributed by atoms with Crippen LogP contribution in [0.25, 0.3) is 0 Å². The number of rotatable bonds is 7. The molecule has 2 aromatic rings. The highest BCUT2D eigenvalue weighted by atomic mass is 32.2. The van der Waals surface area contributed by atoms with Crippen LogP contribution >= 0.6 is 0 Å². The number of ether oxygens (including phenoxy) is 1. The van der Waals surface area contributed by atoms with Gasteiger partial charge in [-0.1, -0.05) is 0 Å². The molecular weight excluding hydrogens is 378 g/mol. The standard InChI is InChI=1S/C18H20F2N2O4S/c1-11(2)22-27(24,25)14-5-7-17(12(3)8-14)26-10-18(23)21-16-6-4-13(19)9-15(16)20/h4-9,11,22H,10H2,1-3H3,(H,21,23). The number of anilines is 1. The van der Waals surface area contributed by atoms with Crippen LogP contribution in [0.5, 0.6) is 5.75 Å². The summed E-state index contributed by atoms with van der Waals surface area (Å²) in [7, 11) is -3.64. The first kappa shape index (κ1) is 20.8. The molecule has 0 aliphatic carbocycles. The first-order chi connectivity index (χ1) is 12.6. The van der Waals surface area contributed by atoms with Crippen LogP contribution in [0, 0.1) is 18.6 Å². The molecule has 0 aliphatic heterocycles. The van der Waals surface area contributed by atoms with Gasteiger partial charge < -0.3 is 10.1 Å². The number of halogens is 2. The SMILES string of the molecule is Cc1cc(S(=O)(=O)NC(C)C)ccc1OCC(=O)Nc1ccc(F)cc1F.